The van der Waals surface area contributed by atoms with Gasteiger partial charge in [-0.25, -0.2) is 0 Å². The summed E-state index contributed by atoms with van der Waals surface area (Å²) in [5, 5.41) is 11.5. The van der Waals surface area contributed by atoms with Crippen LogP contribution in [0.5, 0.6) is 0 Å². The van der Waals surface area contributed by atoms with Gasteiger partial charge >= 0.3 is 0 Å². The second-order valence-electron chi connectivity index (χ2n) is 10.1. The summed E-state index contributed by atoms with van der Waals surface area (Å²) in [6.07, 6.45) is 2.83. The van der Waals surface area contributed by atoms with Crippen molar-refractivity contribution in [1.29, 1.82) is 0 Å². The van der Waals surface area contributed by atoms with Gasteiger partial charge in [-0.2, -0.15) is 0 Å². The van der Waals surface area contributed by atoms with E-state index in [1.807, 2.05) is 13.0 Å². The maximum Gasteiger partial charge on any atom is 0.112 e. The fourth-order valence-electron chi connectivity index (χ4n) is 2.77. The van der Waals surface area contributed by atoms with Gasteiger partial charge in [-0.3, -0.25) is 0 Å². The molecule has 0 spiro atoms. The van der Waals surface area contributed by atoms with E-state index < -0.39 is 6.10 Å². The molecule has 0 saturated heterocycles. The number of hydrogen-bond donors (Lipinski definition) is 1. The normalized spacial score (nSPS) is 15.6. The summed E-state index contributed by atoms with van der Waals surface area (Å²) in [6, 6.07) is 4.67. The van der Waals surface area contributed by atoms with Crippen molar-refractivity contribution in [3.8, 4) is 0 Å². The highest BCUT2D eigenvalue weighted by Gasteiger charge is 2.29. The van der Waals surface area contributed by atoms with Gasteiger partial charge in [-0.05, 0) is 48.1 Å². The first-order valence-corrected chi connectivity index (χ1v) is 10.6. The molecule has 1 aromatic carbocycles. The highest BCUT2D eigenvalue weighted by molar-refractivity contribution is 7.54. The van der Waals surface area contributed by atoms with Gasteiger partial charge in [0.2, 0.25) is 0 Å². The van der Waals surface area contributed by atoms with E-state index in [4.69, 9.17) is 11.6 Å². The average Bonchev–Trinajstić information content (AvgIpc) is 2.43. The first-order valence-electron chi connectivity index (χ1n) is 9.33. The van der Waals surface area contributed by atoms with Gasteiger partial charge < -0.3 is 5.11 Å². The lowest BCUT2D eigenvalue weighted by atomic mass is 9.75. The summed E-state index contributed by atoms with van der Waals surface area (Å²) < 4.78 is 0.544. The van der Waals surface area contributed by atoms with Gasteiger partial charge in [0, 0.05) is 5.30 Å². The van der Waals surface area contributed by atoms with Crippen molar-refractivity contribution >= 4 is 29.9 Å². The van der Waals surface area contributed by atoms with Crippen LogP contribution < -0.4 is 5.30 Å². The van der Waals surface area contributed by atoms with Crippen LogP contribution in [0.1, 0.15) is 85.9 Å². The zero-order valence-corrected chi connectivity index (χ0v) is 19.8. The Kier molecular flexibility index (Phi) is 7.36. The number of aliphatic hydroxyl groups is 1. The highest BCUT2D eigenvalue weighted by Crippen LogP contribution is 2.35. The fourth-order valence-corrected chi connectivity index (χ4v) is 4.57. The largest absolute Gasteiger partial charge is 0.383 e. The molecule has 146 valence electrons. The van der Waals surface area contributed by atoms with E-state index in [0.717, 1.165) is 8.20 Å². The number of rotatable bonds is 3. The monoisotopic (exact) mass is 394 g/mol. The highest BCUT2D eigenvalue weighted by atomic mass is 35.5. The maximum atomic E-state index is 10.3. The molecule has 1 rings (SSSR count). The number of aliphatic hydroxyl groups excluding tert-OH is 1. The van der Waals surface area contributed by atoms with Crippen LogP contribution in [-0.2, 0) is 16.2 Å². The Balaban J connectivity index is 3.89. The van der Waals surface area contributed by atoms with E-state index in [-0.39, 0.29) is 16.2 Å². The molecule has 0 heterocycles. The van der Waals surface area contributed by atoms with Crippen LogP contribution in [0, 0.1) is 0 Å². The molecule has 0 aromatic heterocycles. The second kappa shape index (κ2) is 8.17. The number of halogens is 1. The Morgan fingerprint density at radius 2 is 1.35 bits per heavy atom. The third-order valence-corrected chi connectivity index (χ3v) is 6.09. The van der Waals surface area contributed by atoms with Crippen molar-refractivity contribution in [1.82, 2.24) is 0 Å². The zero-order chi connectivity index (χ0) is 20.5. The topological polar surface area (TPSA) is 20.2 Å². The predicted molar refractivity (Wildman–Crippen MR) is 121 cm³/mol. The molecule has 1 nitrogen and oxygen atoms in total. The van der Waals surface area contributed by atoms with Crippen LogP contribution in [0.4, 0.5) is 0 Å². The van der Waals surface area contributed by atoms with E-state index >= 15 is 0 Å². The lowest BCUT2D eigenvalue weighted by molar-refractivity contribution is 0.294. The molecular weight excluding hydrogens is 359 g/mol. The third-order valence-electron chi connectivity index (χ3n) is 4.43. The molecule has 0 saturated carbocycles. The predicted octanol–water partition coefficient (Wildman–Crippen LogP) is 6.46. The molecule has 1 atom stereocenters. The molecule has 3 heteroatoms. The van der Waals surface area contributed by atoms with Gasteiger partial charge in [0.05, 0.1) is 4.75 Å². The van der Waals surface area contributed by atoms with Crippen LogP contribution in [0.15, 0.2) is 24.3 Å². The molecule has 26 heavy (non-hydrogen) atoms. The summed E-state index contributed by atoms with van der Waals surface area (Å²) in [6.45, 7) is 22.1. The fraction of sp³-hybridized carbons (Fsp3) is 0.609. The SMILES string of the molecule is C/C=C/C(O)C(Cl)=Pc1c(C(C)(C)C)cc(C(C)(C)C)cc1C(C)(C)C. The minimum absolute atomic E-state index is 0.00763. The van der Waals surface area contributed by atoms with E-state index in [9.17, 15) is 5.11 Å². The molecule has 0 radical (unpaired) electrons. The molecule has 1 unspecified atom stereocenters. The molecule has 1 aromatic rings. The first-order chi connectivity index (χ1) is 11.6. The van der Waals surface area contributed by atoms with Crippen LogP contribution in [-0.4, -0.2) is 16.0 Å². The molecule has 0 aliphatic rings. The summed E-state index contributed by atoms with van der Waals surface area (Å²) in [5.41, 5.74) is 4.02. The minimum Gasteiger partial charge on any atom is -0.383 e. The van der Waals surface area contributed by atoms with Crippen molar-refractivity contribution < 1.29 is 5.11 Å². The minimum atomic E-state index is -0.730. The van der Waals surface area contributed by atoms with E-state index in [0.29, 0.717) is 4.75 Å². The van der Waals surface area contributed by atoms with E-state index in [1.54, 1.807) is 6.08 Å². The van der Waals surface area contributed by atoms with Gasteiger partial charge in [0.1, 0.15) is 6.10 Å². The van der Waals surface area contributed by atoms with Crippen LogP contribution >= 0.6 is 19.8 Å². The second-order valence-corrected chi connectivity index (χ2v) is 11.9. The molecule has 0 aliphatic carbocycles. The van der Waals surface area contributed by atoms with Crippen molar-refractivity contribution in [3.05, 3.63) is 41.0 Å². The summed E-state index contributed by atoms with van der Waals surface area (Å²) in [7, 11) is 0.886. The zero-order valence-electron chi connectivity index (χ0n) is 18.2. The number of allylic oxidation sites excluding steroid dienone is 1. The van der Waals surface area contributed by atoms with Crippen molar-refractivity contribution in [2.24, 2.45) is 0 Å². The summed E-state index contributed by atoms with van der Waals surface area (Å²) in [5.74, 6) is 0. The molecule has 0 fully saturated rings. The van der Waals surface area contributed by atoms with Crippen molar-refractivity contribution in [2.45, 2.75) is 91.6 Å². The Hall–Kier alpha value is -0.620. The molecule has 0 aliphatic heterocycles. The summed E-state index contributed by atoms with van der Waals surface area (Å²) >= 11 is 6.52. The lowest BCUT2D eigenvalue weighted by Gasteiger charge is -2.32. The number of benzene rings is 1. The lowest BCUT2D eigenvalue weighted by Crippen LogP contribution is -2.30. The van der Waals surface area contributed by atoms with Gasteiger partial charge in [-0.1, -0.05) is 98.2 Å². The maximum absolute atomic E-state index is 10.3. The quantitative estimate of drug-likeness (QED) is 0.461. The Morgan fingerprint density at radius 3 is 1.65 bits per heavy atom. The van der Waals surface area contributed by atoms with E-state index in [1.165, 1.54) is 22.0 Å². The average molecular weight is 395 g/mol. The Labute approximate surface area is 167 Å². The molecular formula is C23H36ClOP. The Bertz CT molecular complexity index is 659. The van der Waals surface area contributed by atoms with Gasteiger partial charge in [-0.15, -0.1) is 0 Å². The van der Waals surface area contributed by atoms with Crippen molar-refractivity contribution in [2.75, 3.05) is 0 Å². The van der Waals surface area contributed by atoms with E-state index in [2.05, 4.69) is 74.4 Å². The number of hydrogen-bond acceptors (Lipinski definition) is 1. The van der Waals surface area contributed by atoms with Crippen LogP contribution in [0.3, 0.4) is 0 Å². The van der Waals surface area contributed by atoms with Gasteiger partial charge in [0.15, 0.2) is 0 Å². The molecule has 1 N–H and O–H groups in total. The molecule has 0 bridgehead atoms. The Morgan fingerprint density at radius 1 is 0.923 bits per heavy atom. The van der Waals surface area contributed by atoms with Crippen molar-refractivity contribution in [3.63, 3.8) is 0 Å². The molecule has 0 amide bonds. The standard InChI is InChI=1S/C23H36ClOP/c1-11-12-18(25)20(24)26-19-16(22(5,6)7)13-15(21(2,3)4)14-17(19)23(8,9)10/h11-14,18,25H,1-10H3/b12-11+. The van der Waals surface area contributed by atoms with Crippen LogP contribution in [0.25, 0.3) is 0 Å². The smallest absolute Gasteiger partial charge is 0.112 e. The summed E-state index contributed by atoms with van der Waals surface area (Å²) in [4.78, 5) is 0. The third kappa shape index (κ3) is 5.95. The first kappa shape index (κ1) is 23.4. The van der Waals surface area contributed by atoms with Gasteiger partial charge in [0.25, 0.3) is 0 Å². The van der Waals surface area contributed by atoms with Crippen LogP contribution in [0.2, 0.25) is 0 Å².